The first-order valence-corrected chi connectivity index (χ1v) is 12.7. The van der Waals surface area contributed by atoms with Gasteiger partial charge in [0.25, 0.3) is 0 Å². The highest BCUT2D eigenvalue weighted by Crippen LogP contribution is 2.46. The minimum atomic E-state index is -1.86. The van der Waals surface area contributed by atoms with Crippen molar-refractivity contribution in [3.8, 4) is 28.6 Å². The summed E-state index contributed by atoms with van der Waals surface area (Å²) in [5, 5.41) is 93.1. The molecule has 2 fully saturated rings. The van der Waals surface area contributed by atoms with Crippen molar-refractivity contribution >= 4 is 11.0 Å². The first kappa shape index (κ1) is 29.2. The van der Waals surface area contributed by atoms with Crippen molar-refractivity contribution < 1.29 is 64.6 Å². The number of phenols is 3. The van der Waals surface area contributed by atoms with E-state index in [-0.39, 0.29) is 22.5 Å². The summed E-state index contributed by atoms with van der Waals surface area (Å²) in [4.78, 5) is 13.1. The fraction of sp³-hybridized carbons (Fsp3) is 0.444. The van der Waals surface area contributed by atoms with Crippen LogP contribution >= 0.6 is 0 Å². The lowest BCUT2D eigenvalue weighted by Gasteiger charge is -2.46. The molecule has 2 aromatic carbocycles. The Balaban J connectivity index is 1.59. The maximum absolute atomic E-state index is 13.1. The van der Waals surface area contributed by atoms with Gasteiger partial charge in [-0.25, -0.2) is 0 Å². The van der Waals surface area contributed by atoms with E-state index < -0.39 is 90.3 Å². The summed E-state index contributed by atoms with van der Waals surface area (Å²) in [7, 11) is 0. The van der Waals surface area contributed by atoms with Crippen LogP contribution in [0.25, 0.3) is 22.3 Å². The zero-order valence-electron chi connectivity index (χ0n) is 21.5. The van der Waals surface area contributed by atoms with E-state index in [0.717, 1.165) is 12.1 Å². The fourth-order valence-corrected chi connectivity index (χ4v) is 5.11. The van der Waals surface area contributed by atoms with Gasteiger partial charge in [-0.15, -0.1) is 0 Å². The molecular weight excluding hydrogens is 548 g/mol. The number of fused-ring (bicyclic) bond motifs is 1. The van der Waals surface area contributed by atoms with Crippen molar-refractivity contribution in [3.05, 3.63) is 52.2 Å². The molecule has 0 bridgehead atoms. The second-order valence-electron chi connectivity index (χ2n) is 10.1. The molecule has 0 aliphatic carbocycles. The number of phenolic OH excluding ortho intramolecular Hbond substituents is 3. The average molecular weight is 579 g/mol. The molecule has 9 N–H and O–H groups in total. The van der Waals surface area contributed by atoms with Crippen molar-refractivity contribution in [2.24, 2.45) is 0 Å². The SMILES string of the molecule is C[C@@H]1O[C@H](O[C@@H]2[C@H](O)C(O)[C@@H](CO)O[C@H]2c2c(O)cc3oc(-c4ccc(O)cc4)cc(=O)c3c2O)[C@@H](O)[C@@H](O)C1O. The van der Waals surface area contributed by atoms with Gasteiger partial charge in [0, 0.05) is 17.7 Å². The Morgan fingerprint density at radius 1 is 0.854 bits per heavy atom. The topological polar surface area (TPSA) is 240 Å². The summed E-state index contributed by atoms with van der Waals surface area (Å²) >= 11 is 0. The smallest absolute Gasteiger partial charge is 0.197 e. The van der Waals surface area contributed by atoms with E-state index in [9.17, 15) is 50.8 Å². The summed E-state index contributed by atoms with van der Waals surface area (Å²) < 4.78 is 22.6. The van der Waals surface area contributed by atoms with Gasteiger partial charge >= 0.3 is 0 Å². The van der Waals surface area contributed by atoms with Crippen LogP contribution < -0.4 is 5.43 Å². The van der Waals surface area contributed by atoms with Crippen LogP contribution in [0.3, 0.4) is 0 Å². The van der Waals surface area contributed by atoms with Gasteiger partial charge in [-0.05, 0) is 31.2 Å². The second-order valence-corrected chi connectivity index (χ2v) is 10.1. The summed E-state index contributed by atoms with van der Waals surface area (Å²) in [5.74, 6) is -1.42. The predicted octanol–water partition coefficient (Wildman–Crippen LogP) is -1.06. The van der Waals surface area contributed by atoms with Crippen LogP contribution in [-0.4, -0.2) is 108 Å². The molecule has 2 aliphatic rings. The molecule has 14 heteroatoms. The highest BCUT2D eigenvalue weighted by molar-refractivity contribution is 5.88. The van der Waals surface area contributed by atoms with Crippen LogP contribution in [-0.2, 0) is 14.2 Å². The average Bonchev–Trinajstić information content (AvgIpc) is 2.93. The number of ether oxygens (including phenoxy) is 3. The summed E-state index contributed by atoms with van der Waals surface area (Å²) in [6, 6.07) is 7.85. The number of aromatic hydroxyl groups is 3. The molecular formula is C27H30O14. The van der Waals surface area contributed by atoms with Crippen LogP contribution in [0.15, 0.2) is 45.6 Å². The molecule has 0 amide bonds. The number of hydrogen-bond acceptors (Lipinski definition) is 14. The van der Waals surface area contributed by atoms with Crippen molar-refractivity contribution in [2.75, 3.05) is 6.61 Å². The van der Waals surface area contributed by atoms with Crippen LogP contribution in [0.5, 0.6) is 17.2 Å². The Kier molecular flexibility index (Phi) is 7.95. The summed E-state index contributed by atoms with van der Waals surface area (Å²) in [6.45, 7) is 0.601. The Hall–Kier alpha value is -3.31. The summed E-state index contributed by atoms with van der Waals surface area (Å²) in [5.41, 5.74) is -0.985. The monoisotopic (exact) mass is 578 g/mol. The van der Waals surface area contributed by atoms with E-state index in [2.05, 4.69) is 0 Å². The Morgan fingerprint density at radius 3 is 2.20 bits per heavy atom. The third-order valence-electron chi connectivity index (χ3n) is 7.41. The van der Waals surface area contributed by atoms with Gasteiger partial charge < -0.3 is 64.6 Å². The standard InChI is InChI=1S/C27H30O14/c1-9-19(32)22(35)24(37)27(38-9)41-26-23(36)20(33)16(8-28)40-25(26)18-13(31)7-15-17(21(18)34)12(30)6-14(39-15)10-2-4-11(29)5-3-10/h2-7,9,16,19-20,22-29,31-37H,8H2,1H3/t9-,16+,19?,20?,22-,23+,24-,25-,26+,27+/m0/s1. The predicted molar refractivity (Wildman–Crippen MR) is 137 cm³/mol. The maximum atomic E-state index is 13.1. The normalized spacial score (nSPS) is 34.1. The highest BCUT2D eigenvalue weighted by Gasteiger charge is 2.51. The molecule has 3 heterocycles. The van der Waals surface area contributed by atoms with Crippen LogP contribution in [0.2, 0.25) is 0 Å². The lowest BCUT2D eigenvalue weighted by molar-refractivity contribution is -0.338. The zero-order chi connectivity index (χ0) is 29.7. The minimum absolute atomic E-state index is 0.0131. The van der Waals surface area contributed by atoms with E-state index in [1.807, 2.05) is 0 Å². The molecule has 41 heavy (non-hydrogen) atoms. The van der Waals surface area contributed by atoms with Crippen LogP contribution in [0.1, 0.15) is 18.6 Å². The summed E-state index contributed by atoms with van der Waals surface area (Å²) in [6.07, 6.45) is -16.1. The van der Waals surface area contributed by atoms with E-state index >= 15 is 0 Å². The lowest BCUT2D eigenvalue weighted by Crippen LogP contribution is -2.61. The van der Waals surface area contributed by atoms with Gasteiger partial charge in [-0.2, -0.15) is 0 Å². The van der Waals surface area contributed by atoms with E-state index in [4.69, 9.17) is 18.6 Å². The molecule has 10 atom stereocenters. The number of aliphatic hydroxyl groups is 6. The fourth-order valence-electron chi connectivity index (χ4n) is 5.11. The van der Waals surface area contributed by atoms with Crippen molar-refractivity contribution in [1.29, 1.82) is 0 Å². The van der Waals surface area contributed by atoms with E-state index in [1.165, 1.54) is 31.2 Å². The van der Waals surface area contributed by atoms with Gasteiger partial charge in [-0.3, -0.25) is 4.79 Å². The highest BCUT2D eigenvalue weighted by atomic mass is 16.7. The van der Waals surface area contributed by atoms with Crippen LogP contribution in [0, 0.1) is 0 Å². The Bertz CT molecular complexity index is 1460. The molecule has 222 valence electrons. The third kappa shape index (κ3) is 5.14. The van der Waals surface area contributed by atoms with Crippen LogP contribution in [0.4, 0.5) is 0 Å². The molecule has 3 aromatic rings. The Labute approximate surface area is 231 Å². The van der Waals surface area contributed by atoms with E-state index in [0.29, 0.717) is 5.56 Å². The van der Waals surface area contributed by atoms with Gasteiger partial charge in [-0.1, -0.05) is 0 Å². The van der Waals surface area contributed by atoms with Crippen molar-refractivity contribution in [3.63, 3.8) is 0 Å². The lowest BCUT2D eigenvalue weighted by atomic mass is 9.89. The molecule has 0 spiro atoms. The van der Waals surface area contributed by atoms with Gasteiger partial charge in [0.15, 0.2) is 11.7 Å². The molecule has 0 saturated carbocycles. The number of hydrogen-bond donors (Lipinski definition) is 9. The van der Waals surface area contributed by atoms with E-state index in [1.54, 1.807) is 0 Å². The second kappa shape index (κ2) is 11.2. The van der Waals surface area contributed by atoms with Crippen molar-refractivity contribution in [1.82, 2.24) is 0 Å². The number of aliphatic hydroxyl groups excluding tert-OH is 6. The number of benzene rings is 2. The van der Waals surface area contributed by atoms with Gasteiger partial charge in [0.1, 0.15) is 82.8 Å². The Morgan fingerprint density at radius 2 is 1.54 bits per heavy atom. The first-order valence-electron chi connectivity index (χ1n) is 12.7. The van der Waals surface area contributed by atoms with Gasteiger partial charge in [0.05, 0.1) is 18.3 Å². The molecule has 0 radical (unpaired) electrons. The molecule has 2 unspecified atom stereocenters. The first-order chi connectivity index (χ1) is 19.4. The quantitative estimate of drug-likeness (QED) is 0.175. The molecule has 5 rings (SSSR count). The molecule has 2 aliphatic heterocycles. The van der Waals surface area contributed by atoms with Gasteiger partial charge in [0.2, 0.25) is 0 Å². The minimum Gasteiger partial charge on any atom is -0.508 e. The number of rotatable bonds is 5. The largest absolute Gasteiger partial charge is 0.508 e. The van der Waals surface area contributed by atoms with Crippen molar-refractivity contribution in [2.45, 2.75) is 68.1 Å². The molecule has 2 saturated heterocycles. The molecule has 14 nitrogen and oxygen atoms in total. The third-order valence-corrected chi connectivity index (χ3v) is 7.41. The molecule has 1 aromatic heterocycles. The maximum Gasteiger partial charge on any atom is 0.197 e. The zero-order valence-corrected chi connectivity index (χ0v) is 21.5.